The second kappa shape index (κ2) is 32.6. The van der Waals surface area contributed by atoms with Crippen molar-refractivity contribution in [2.75, 3.05) is 47.5 Å². The van der Waals surface area contributed by atoms with Crippen molar-refractivity contribution in [3.8, 4) is 0 Å². The molecule has 0 aromatic rings. The largest absolute Gasteiger partial charge is 0.756 e. The topological polar surface area (TPSA) is 111 Å². The second-order valence-electron chi connectivity index (χ2n) is 13.6. The molecule has 0 aromatic carbocycles. The molecule has 288 valence electrons. The monoisotopic (exact) mass is 723 g/mol. The van der Waals surface area contributed by atoms with Gasteiger partial charge in [-0.3, -0.25) is 14.2 Å². The van der Waals surface area contributed by atoms with Gasteiger partial charge >= 0.3 is 11.9 Å². The number of carbonyl (C=O) groups excluding carboxylic acids is 2. The van der Waals surface area contributed by atoms with Crippen LogP contribution in [-0.2, 0) is 32.7 Å². The Bertz CT molecular complexity index is 1040. The molecule has 0 rings (SSSR count). The number of quaternary nitrogens is 1. The highest BCUT2D eigenvalue weighted by Gasteiger charge is 2.21. The second-order valence-corrected chi connectivity index (χ2v) is 15.0. The summed E-state index contributed by atoms with van der Waals surface area (Å²) < 4.78 is 33.7. The lowest BCUT2D eigenvalue weighted by molar-refractivity contribution is -0.870. The van der Waals surface area contributed by atoms with Crippen LogP contribution in [0.4, 0.5) is 0 Å². The summed E-state index contributed by atoms with van der Waals surface area (Å²) in [6, 6.07) is 0. The third-order valence-corrected chi connectivity index (χ3v) is 8.49. The lowest BCUT2D eigenvalue weighted by Gasteiger charge is -2.28. The molecule has 0 heterocycles. The number of hydrogen-bond acceptors (Lipinski definition) is 8. The van der Waals surface area contributed by atoms with Gasteiger partial charge in [-0.05, 0) is 70.6 Å². The predicted octanol–water partition coefficient (Wildman–Crippen LogP) is 9.49. The number of allylic oxidation sites excluding steroid dienone is 10. The van der Waals surface area contributed by atoms with Gasteiger partial charge in [-0.2, -0.15) is 0 Å². The Kier molecular flexibility index (Phi) is 31.1. The smallest absolute Gasteiger partial charge is 0.306 e. The van der Waals surface area contributed by atoms with Crippen molar-refractivity contribution < 1.29 is 42.1 Å². The Morgan fingerprint density at radius 2 is 1.14 bits per heavy atom. The van der Waals surface area contributed by atoms with Crippen LogP contribution in [0.15, 0.2) is 60.8 Å². The average Bonchev–Trinajstić information content (AvgIpc) is 3.06. The number of ether oxygens (including phenoxy) is 2. The summed E-state index contributed by atoms with van der Waals surface area (Å²) >= 11 is 0. The first-order valence-corrected chi connectivity index (χ1v) is 20.5. The summed E-state index contributed by atoms with van der Waals surface area (Å²) in [6.07, 6.45) is 36.8. The molecule has 0 aliphatic carbocycles. The zero-order chi connectivity index (χ0) is 37.2. The molecule has 0 N–H and O–H groups in total. The van der Waals surface area contributed by atoms with Crippen molar-refractivity contribution in [2.45, 2.75) is 136 Å². The van der Waals surface area contributed by atoms with E-state index in [-0.39, 0.29) is 26.1 Å². The SMILES string of the molecule is CC/C=C/C/C=C/C/C=C/C/C=C/CCCCC(=O)OC[C@H](COP(=O)([O-])OCC[N+](C)(C)C)OC(=O)CCCCCCC/C=C/CCCC. The van der Waals surface area contributed by atoms with Crippen molar-refractivity contribution in [1.82, 2.24) is 0 Å². The molecule has 1 unspecified atom stereocenters. The third kappa shape index (κ3) is 35.5. The predicted molar refractivity (Wildman–Crippen MR) is 203 cm³/mol. The molecule has 0 bridgehead atoms. The van der Waals surface area contributed by atoms with E-state index in [1.165, 1.54) is 12.8 Å². The van der Waals surface area contributed by atoms with Crippen LogP contribution in [0.25, 0.3) is 0 Å². The number of carbonyl (C=O) groups is 2. The van der Waals surface area contributed by atoms with E-state index in [1.807, 2.05) is 21.1 Å². The van der Waals surface area contributed by atoms with Crippen molar-refractivity contribution in [3.05, 3.63) is 60.8 Å². The van der Waals surface area contributed by atoms with E-state index in [2.05, 4.69) is 74.6 Å². The normalized spacial score (nSPS) is 14.4. The van der Waals surface area contributed by atoms with Crippen LogP contribution in [0.2, 0.25) is 0 Å². The van der Waals surface area contributed by atoms with Crippen LogP contribution >= 0.6 is 7.82 Å². The highest BCUT2D eigenvalue weighted by Crippen LogP contribution is 2.38. The Hall–Kier alpha value is -2.29. The summed E-state index contributed by atoms with van der Waals surface area (Å²) in [5.74, 6) is -0.904. The Labute approximate surface area is 305 Å². The van der Waals surface area contributed by atoms with Crippen molar-refractivity contribution >= 4 is 19.8 Å². The Morgan fingerprint density at radius 3 is 1.76 bits per heavy atom. The Balaban J connectivity index is 4.53. The quantitative estimate of drug-likeness (QED) is 0.0217. The lowest BCUT2D eigenvalue weighted by Crippen LogP contribution is -2.37. The maximum absolute atomic E-state index is 12.6. The van der Waals surface area contributed by atoms with Gasteiger partial charge in [0, 0.05) is 12.8 Å². The molecule has 9 nitrogen and oxygen atoms in total. The van der Waals surface area contributed by atoms with Crippen LogP contribution in [-0.4, -0.2) is 70.0 Å². The molecular formula is C40H70NO8P. The summed E-state index contributed by atoms with van der Waals surface area (Å²) in [5.41, 5.74) is 0. The fourth-order valence-corrected chi connectivity index (χ4v) is 5.23. The molecule has 2 atom stereocenters. The van der Waals surface area contributed by atoms with E-state index >= 15 is 0 Å². The van der Waals surface area contributed by atoms with Crippen LogP contribution in [0.3, 0.4) is 0 Å². The van der Waals surface area contributed by atoms with Gasteiger partial charge in [0.05, 0.1) is 27.7 Å². The number of rotatable bonds is 33. The summed E-state index contributed by atoms with van der Waals surface area (Å²) in [5, 5.41) is 0. The molecule has 50 heavy (non-hydrogen) atoms. The van der Waals surface area contributed by atoms with E-state index in [0.717, 1.165) is 77.0 Å². The molecule has 0 fully saturated rings. The van der Waals surface area contributed by atoms with E-state index in [9.17, 15) is 19.0 Å². The molecule has 10 heteroatoms. The maximum atomic E-state index is 12.6. The number of hydrogen-bond donors (Lipinski definition) is 0. The fourth-order valence-electron chi connectivity index (χ4n) is 4.51. The summed E-state index contributed by atoms with van der Waals surface area (Å²) in [6.45, 7) is 3.97. The van der Waals surface area contributed by atoms with Gasteiger partial charge < -0.3 is 27.9 Å². The molecule has 0 saturated carbocycles. The molecule has 0 aliphatic heterocycles. The van der Waals surface area contributed by atoms with Gasteiger partial charge in [-0.25, -0.2) is 0 Å². The van der Waals surface area contributed by atoms with Crippen molar-refractivity contribution in [3.63, 3.8) is 0 Å². The molecule has 0 aromatic heterocycles. The van der Waals surface area contributed by atoms with Gasteiger partial charge in [0.1, 0.15) is 19.8 Å². The first-order chi connectivity index (χ1) is 24.0. The van der Waals surface area contributed by atoms with Crippen LogP contribution < -0.4 is 4.89 Å². The number of phosphoric acid groups is 1. The molecule has 0 saturated heterocycles. The van der Waals surface area contributed by atoms with E-state index in [1.54, 1.807) is 0 Å². The molecular weight excluding hydrogens is 653 g/mol. The zero-order valence-electron chi connectivity index (χ0n) is 32.1. The summed E-state index contributed by atoms with van der Waals surface area (Å²) in [7, 11) is 1.12. The Morgan fingerprint density at radius 1 is 0.640 bits per heavy atom. The highest BCUT2D eigenvalue weighted by molar-refractivity contribution is 7.45. The van der Waals surface area contributed by atoms with E-state index in [4.69, 9.17) is 18.5 Å². The molecule has 0 radical (unpaired) electrons. The lowest BCUT2D eigenvalue weighted by atomic mass is 10.1. The number of unbranched alkanes of at least 4 members (excludes halogenated alkanes) is 9. The van der Waals surface area contributed by atoms with Crippen molar-refractivity contribution in [2.24, 2.45) is 0 Å². The molecule has 0 amide bonds. The molecule has 0 spiro atoms. The third-order valence-electron chi connectivity index (χ3n) is 7.52. The van der Waals surface area contributed by atoms with Gasteiger partial charge in [0.25, 0.3) is 7.82 Å². The highest BCUT2D eigenvalue weighted by atomic mass is 31.2. The van der Waals surface area contributed by atoms with Gasteiger partial charge in [0.15, 0.2) is 6.10 Å². The first-order valence-electron chi connectivity index (χ1n) is 19.0. The van der Waals surface area contributed by atoms with E-state index in [0.29, 0.717) is 23.9 Å². The fraction of sp³-hybridized carbons (Fsp3) is 0.700. The molecule has 0 aliphatic rings. The average molecular weight is 724 g/mol. The summed E-state index contributed by atoms with van der Waals surface area (Å²) in [4.78, 5) is 37.3. The van der Waals surface area contributed by atoms with Gasteiger partial charge in [-0.15, -0.1) is 0 Å². The minimum atomic E-state index is -4.63. The standard InChI is InChI=1S/C40H70NO8P/c1-6-8-10-12-14-16-18-19-20-21-23-24-26-28-30-32-39(42)46-36-38(37-48-50(44,45)47-35-34-41(3,4)5)49-40(43)33-31-29-27-25-22-17-15-13-11-9-7-2/h8,10,13-16,19-20,23-24,38H,6-7,9,11-12,17-18,21-22,25-37H2,1-5H3/b10-8+,15-13+,16-14+,20-19+,24-23+/t38-/m1/s1. The van der Waals surface area contributed by atoms with Gasteiger partial charge in [-0.1, -0.05) is 107 Å². The minimum Gasteiger partial charge on any atom is -0.756 e. The van der Waals surface area contributed by atoms with Crippen LogP contribution in [0, 0.1) is 0 Å². The number of phosphoric ester groups is 1. The van der Waals surface area contributed by atoms with Crippen LogP contribution in [0.1, 0.15) is 129 Å². The van der Waals surface area contributed by atoms with Crippen molar-refractivity contribution in [1.29, 1.82) is 0 Å². The number of esters is 2. The number of nitrogens with zero attached hydrogens (tertiary/aromatic N) is 1. The van der Waals surface area contributed by atoms with E-state index < -0.39 is 32.5 Å². The number of likely N-dealkylation sites (N-methyl/N-ethyl adjacent to an activating group) is 1. The minimum absolute atomic E-state index is 0.0419. The van der Waals surface area contributed by atoms with Crippen LogP contribution in [0.5, 0.6) is 0 Å². The van der Waals surface area contributed by atoms with Gasteiger partial charge in [0.2, 0.25) is 0 Å². The zero-order valence-corrected chi connectivity index (χ0v) is 33.0. The maximum Gasteiger partial charge on any atom is 0.306 e. The first kappa shape index (κ1) is 47.7.